The summed E-state index contributed by atoms with van der Waals surface area (Å²) < 4.78 is 106. The SMILES string of the molecule is C=C1CO[C@]2(O[C@@H]3C[C@H]4[C@@H]5CC=C6C[C@@H](O)CC(O[C@H]7OC[C@@H](O)[C@H](O[C@H]8OC[C@H](O)[C@H](O)[C@H]8O)[C@H]7O[C@H]7O[C@H](C)[C@@H](OC(C)=O)[C@@H](O[C@H]8OC[C@@](O)(CO)[C@H]8O)[C@H]7O)[C@]6(C)[C@@H]5CC[C@@]4(C)[C@H]3[C@@H]2CO[C@H]2O[C@@H](CO)[C@@H](O)[C@H](O)[C@H]2O[C@H]2O[C@@H](CO)[C@H](O)[C@H](O)[C@H]2O)[C@H](O)[C@@H]1O[C@H]1O[C@@H](C)[C@@H](O)[C@H](O)[C@H]1O. The van der Waals surface area contributed by atoms with Gasteiger partial charge in [-0.3, -0.25) is 4.79 Å². The van der Waals surface area contributed by atoms with Gasteiger partial charge >= 0.3 is 5.97 Å². The Morgan fingerprint density at radius 3 is 1.87 bits per heavy atom. The number of hydrogen-bond acceptors (Lipinski definition) is 38. The molecule has 13 aliphatic rings. The Hall–Kier alpha value is -2.49. The lowest BCUT2D eigenvalue weighted by Gasteiger charge is -2.61. The second-order valence-electron chi connectivity index (χ2n) is 31.6. The van der Waals surface area contributed by atoms with E-state index in [1.165, 1.54) is 13.8 Å². The molecule has 20 N–H and O–H groups in total. The highest BCUT2D eigenvalue weighted by molar-refractivity contribution is 5.66. The molecule has 0 radical (unpaired) electrons. The largest absolute Gasteiger partial charge is 0.457 e. The number of fused-ring (bicyclic) bond motifs is 7. The first-order valence-electron chi connectivity index (χ1n) is 36.5. The van der Waals surface area contributed by atoms with Gasteiger partial charge in [0.25, 0.3) is 0 Å². The van der Waals surface area contributed by atoms with Crippen molar-refractivity contribution in [1.29, 1.82) is 0 Å². The highest BCUT2D eigenvalue weighted by Crippen LogP contribution is 2.71. The van der Waals surface area contributed by atoms with E-state index in [0.717, 1.165) is 12.5 Å². The number of allylic oxidation sites excluding steroid dienone is 1. The van der Waals surface area contributed by atoms with Crippen molar-refractivity contribution in [2.45, 2.75) is 299 Å². The molecule has 9 aliphatic heterocycles. The Labute approximate surface area is 608 Å². The van der Waals surface area contributed by atoms with E-state index in [0.29, 0.717) is 25.7 Å². The van der Waals surface area contributed by atoms with Crippen LogP contribution in [0.25, 0.3) is 0 Å². The van der Waals surface area contributed by atoms with Crippen molar-refractivity contribution < 1.29 is 187 Å². The zero-order chi connectivity index (χ0) is 76.5. The summed E-state index contributed by atoms with van der Waals surface area (Å²) in [7, 11) is 0. The molecule has 0 aromatic carbocycles. The van der Waals surface area contributed by atoms with Gasteiger partial charge < -0.3 is 183 Å². The first-order valence-corrected chi connectivity index (χ1v) is 36.5. The molecular weight excluding hydrogens is 1420 g/mol. The molecule has 38 heteroatoms. The van der Waals surface area contributed by atoms with Gasteiger partial charge in [-0.05, 0) is 74.7 Å². The molecule has 0 bridgehead atoms. The summed E-state index contributed by atoms with van der Waals surface area (Å²) in [6, 6.07) is 0. The van der Waals surface area contributed by atoms with E-state index in [-0.39, 0.29) is 42.8 Å². The molecule has 38 nitrogen and oxygen atoms in total. The quantitative estimate of drug-likeness (QED) is 0.0422. The second kappa shape index (κ2) is 31.7. The number of hydrogen-bond donors (Lipinski definition) is 20. The van der Waals surface area contributed by atoms with Gasteiger partial charge in [-0.25, -0.2) is 0 Å². The van der Waals surface area contributed by atoms with E-state index in [1.54, 1.807) is 0 Å². The molecule has 0 aromatic rings. The molecule has 13 rings (SSSR count). The third kappa shape index (κ3) is 14.3. The molecule has 12 fully saturated rings. The van der Waals surface area contributed by atoms with E-state index < -0.39 is 301 Å². The van der Waals surface area contributed by atoms with Crippen molar-refractivity contribution in [2.75, 3.05) is 52.9 Å². The zero-order valence-electron chi connectivity index (χ0n) is 59.1. The topological polar surface area (TPSA) is 579 Å². The van der Waals surface area contributed by atoms with Crippen LogP contribution in [0.4, 0.5) is 0 Å². The molecule has 1 spiro atoms. The summed E-state index contributed by atoms with van der Waals surface area (Å²) in [5.41, 5.74) is -2.98. The molecule has 4 aliphatic carbocycles. The van der Waals surface area contributed by atoms with Gasteiger partial charge in [0.2, 0.25) is 5.79 Å². The summed E-state index contributed by atoms with van der Waals surface area (Å²) in [6.07, 6.45) is -53.7. The standard InChI is InChI=1S/C68H106O38/c1-22-16-94-68(56(87)50(22)101-59-47(84)43(80)39(76)23(2)95-59)31(17-90-62-54(45(82)42(79)36(15-70)99-62)104-60-48(85)44(81)41(78)35(14-69)98-60)38-34(106-68)13-30-28-8-7-26-11-27(73)12-37(66(26,6)29(28)9-10-65(30,38)5)100-63-55(52(33(75)19-92-63)102-58-46(83)40(77)32(74)18-91-58)105-61-49(86)53(51(24(3)96-61)97-25(4)72)103-64-57(88)67(89,20-71)21-93-64/h7,23-24,27-64,69-71,73-89H,1,8-21H2,2-6H3/t23-,24+,27+,28+,29+,30-,31-,32-,33+,34+,35-,36-,37?,38-,39+,40-,41-,42+,43-,44-,45-,46+,47+,48+,49+,50+,51+,52-,53-,54+,55+,56+,57-,58+,59+,60+,61+,62-,63+,64+,65+,66-,67-,68+/m0/s1. The van der Waals surface area contributed by atoms with Crippen LogP contribution in [0.1, 0.15) is 73.1 Å². The first-order chi connectivity index (χ1) is 50.1. The Morgan fingerprint density at radius 1 is 0.585 bits per heavy atom. The van der Waals surface area contributed by atoms with Crippen LogP contribution >= 0.6 is 0 Å². The fraction of sp³-hybridized carbons (Fsp3) is 0.926. The summed E-state index contributed by atoms with van der Waals surface area (Å²) in [4.78, 5) is 12.6. The lowest BCUT2D eigenvalue weighted by Crippen LogP contribution is -2.66. The van der Waals surface area contributed by atoms with Crippen LogP contribution < -0.4 is 0 Å². The summed E-state index contributed by atoms with van der Waals surface area (Å²) in [5, 5.41) is 222. The van der Waals surface area contributed by atoms with Crippen LogP contribution in [0.3, 0.4) is 0 Å². The monoisotopic (exact) mass is 1530 g/mol. The maximum Gasteiger partial charge on any atom is 0.303 e. The van der Waals surface area contributed by atoms with Gasteiger partial charge in [0, 0.05) is 30.6 Å². The number of aliphatic hydroxyl groups excluding tert-OH is 19. The van der Waals surface area contributed by atoms with Crippen LogP contribution in [-0.4, -0.2) is 387 Å². The lowest BCUT2D eigenvalue weighted by molar-refractivity contribution is -0.387. The number of esters is 1. The van der Waals surface area contributed by atoms with Gasteiger partial charge in [-0.2, -0.15) is 0 Å². The molecule has 0 amide bonds. The van der Waals surface area contributed by atoms with Crippen molar-refractivity contribution in [3.05, 3.63) is 23.8 Å². The maximum absolute atomic E-state index is 13.0. The number of carbonyl (C=O) groups is 1. The van der Waals surface area contributed by atoms with Crippen molar-refractivity contribution in [3.63, 3.8) is 0 Å². The fourth-order valence-corrected chi connectivity index (χ4v) is 19.3. The molecule has 9 heterocycles. The van der Waals surface area contributed by atoms with E-state index in [2.05, 4.69) is 19.6 Å². The maximum atomic E-state index is 13.0. The van der Waals surface area contributed by atoms with E-state index in [4.69, 9.17) is 80.5 Å². The number of carbonyl (C=O) groups excluding carboxylic acids is 1. The third-order valence-corrected chi connectivity index (χ3v) is 25.3. The van der Waals surface area contributed by atoms with Crippen molar-refractivity contribution in [3.8, 4) is 0 Å². The molecular formula is C68H106O38. The van der Waals surface area contributed by atoms with Gasteiger partial charge in [-0.1, -0.05) is 32.1 Å². The van der Waals surface area contributed by atoms with Crippen LogP contribution in [0.5, 0.6) is 0 Å². The number of ether oxygens (including phenoxy) is 17. The highest BCUT2D eigenvalue weighted by Gasteiger charge is 2.74. The molecule has 3 saturated carbocycles. The summed E-state index contributed by atoms with van der Waals surface area (Å²) in [5.74, 6) is -5.46. The molecule has 106 heavy (non-hydrogen) atoms. The Morgan fingerprint density at radius 2 is 1.19 bits per heavy atom. The van der Waals surface area contributed by atoms with Crippen molar-refractivity contribution in [1.82, 2.24) is 0 Å². The minimum absolute atomic E-state index is 0.0216. The lowest BCUT2D eigenvalue weighted by atomic mass is 9.46. The van der Waals surface area contributed by atoms with Crippen molar-refractivity contribution in [2.24, 2.45) is 40.4 Å². The smallest absolute Gasteiger partial charge is 0.303 e. The normalized spacial score (nSPS) is 55.4. The fourth-order valence-electron chi connectivity index (χ4n) is 19.3. The average molecular weight is 1530 g/mol. The van der Waals surface area contributed by atoms with E-state index in [1.807, 2.05) is 6.92 Å². The minimum atomic E-state index is -2.20. The predicted molar refractivity (Wildman–Crippen MR) is 340 cm³/mol. The van der Waals surface area contributed by atoms with Crippen LogP contribution in [0.2, 0.25) is 0 Å². The van der Waals surface area contributed by atoms with Crippen LogP contribution in [0, 0.1) is 40.4 Å². The summed E-state index contributed by atoms with van der Waals surface area (Å²) in [6.45, 7) is 6.99. The van der Waals surface area contributed by atoms with Crippen molar-refractivity contribution >= 4 is 5.97 Å². The Bertz CT molecular complexity index is 3050. The Balaban J connectivity index is 0.812. The van der Waals surface area contributed by atoms with Crippen LogP contribution in [-0.2, 0) is 85.3 Å². The van der Waals surface area contributed by atoms with E-state index >= 15 is 0 Å². The van der Waals surface area contributed by atoms with E-state index in [9.17, 15) is 107 Å². The minimum Gasteiger partial charge on any atom is -0.457 e. The summed E-state index contributed by atoms with van der Waals surface area (Å²) >= 11 is 0. The predicted octanol–water partition coefficient (Wildman–Crippen LogP) is -9.17. The van der Waals surface area contributed by atoms with Gasteiger partial charge in [-0.15, -0.1) is 0 Å². The first kappa shape index (κ1) is 81.5. The van der Waals surface area contributed by atoms with Gasteiger partial charge in [0.15, 0.2) is 50.1 Å². The third-order valence-electron chi connectivity index (χ3n) is 25.3. The molecule has 0 aromatic heterocycles. The molecule has 1 unspecified atom stereocenters. The van der Waals surface area contributed by atoms with Gasteiger partial charge in [0.05, 0.1) is 83.4 Å². The van der Waals surface area contributed by atoms with Gasteiger partial charge in [0.1, 0.15) is 140 Å². The second-order valence-corrected chi connectivity index (χ2v) is 31.6. The average Bonchev–Trinajstić information content (AvgIpc) is 1.50. The highest BCUT2D eigenvalue weighted by atomic mass is 16.8. The molecule has 9 saturated heterocycles. The Kier molecular flexibility index (Phi) is 24.4. The number of aliphatic hydroxyl groups is 20. The van der Waals surface area contributed by atoms with Crippen LogP contribution in [0.15, 0.2) is 23.8 Å². The molecule has 44 atom stereocenters. The number of rotatable bonds is 19. The zero-order valence-corrected chi connectivity index (χ0v) is 59.1. The molecule has 606 valence electrons.